The number of hydrogen-bond donors (Lipinski definition) is 1. The van der Waals surface area contributed by atoms with E-state index in [1.165, 1.54) is 12.5 Å². The molecule has 1 rings (SSSR count). The van der Waals surface area contributed by atoms with E-state index in [9.17, 15) is 0 Å². The zero-order valence-electron chi connectivity index (χ0n) is 11.0. The van der Waals surface area contributed by atoms with Gasteiger partial charge in [-0.25, -0.2) is 15.0 Å². The summed E-state index contributed by atoms with van der Waals surface area (Å²) in [5, 5.41) is 8.88. The topological polar surface area (TPSA) is 100 Å². The van der Waals surface area contributed by atoms with Gasteiger partial charge in [-0.15, -0.1) is 0 Å². The first kappa shape index (κ1) is 14.5. The lowest BCUT2D eigenvalue weighted by Crippen LogP contribution is -2.02. The molecule has 0 fully saturated rings. The Morgan fingerprint density at radius 2 is 2.37 bits per heavy atom. The van der Waals surface area contributed by atoms with Gasteiger partial charge >= 0.3 is 0 Å². The molecule has 0 unspecified atom stereocenters. The molecule has 0 aliphatic rings. The highest BCUT2D eigenvalue weighted by atomic mass is 14.9. The highest BCUT2D eigenvalue weighted by molar-refractivity contribution is 5.84. The van der Waals surface area contributed by atoms with E-state index < -0.39 is 0 Å². The summed E-state index contributed by atoms with van der Waals surface area (Å²) in [7, 11) is 0. The van der Waals surface area contributed by atoms with Crippen molar-refractivity contribution < 1.29 is 0 Å². The van der Waals surface area contributed by atoms with Crippen LogP contribution in [0.2, 0.25) is 0 Å². The van der Waals surface area contributed by atoms with Gasteiger partial charge in [0.15, 0.2) is 0 Å². The molecule has 0 aromatic carbocycles. The van der Waals surface area contributed by atoms with Crippen LogP contribution < -0.4 is 5.73 Å². The average Bonchev–Trinajstić information content (AvgIpc) is 2.43. The Morgan fingerprint density at radius 3 is 2.95 bits per heavy atom. The van der Waals surface area contributed by atoms with Gasteiger partial charge in [0, 0.05) is 18.0 Å². The second kappa shape index (κ2) is 7.01. The van der Waals surface area contributed by atoms with E-state index in [2.05, 4.69) is 40.5 Å². The van der Waals surface area contributed by atoms with Gasteiger partial charge in [0.25, 0.3) is 0 Å². The molecular formula is C13H16N6. The molecule has 0 atom stereocenters. The molecule has 0 aliphatic carbocycles. The summed E-state index contributed by atoms with van der Waals surface area (Å²) in [5.74, 6) is 0.360. The van der Waals surface area contributed by atoms with Crippen molar-refractivity contribution in [2.24, 2.45) is 15.7 Å². The predicted octanol–water partition coefficient (Wildman–Crippen LogP) is 1.57. The van der Waals surface area contributed by atoms with Crippen LogP contribution in [-0.2, 0) is 6.54 Å². The monoisotopic (exact) mass is 256 g/mol. The molecule has 0 aliphatic heterocycles. The van der Waals surface area contributed by atoms with Crippen LogP contribution in [0.1, 0.15) is 31.0 Å². The number of nitrogens with two attached hydrogens (primary N) is 1. The molecule has 6 nitrogen and oxygen atoms in total. The summed E-state index contributed by atoms with van der Waals surface area (Å²) in [6.45, 7) is 7.76. The van der Waals surface area contributed by atoms with E-state index in [1.54, 1.807) is 6.20 Å². The van der Waals surface area contributed by atoms with Crippen molar-refractivity contribution in [1.29, 1.82) is 5.26 Å². The highest BCUT2D eigenvalue weighted by Gasteiger charge is 2.07. The second-order valence-electron chi connectivity index (χ2n) is 4.13. The van der Waals surface area contributed by atoms with Crippen LogP contribution in [-0.4, -0.2) is 22.9 Å². The summed E-state index contributed by atoms with van der Waals surface area (Å²) < 4.78 is 0. The van der Waals surface area contributed by atoms with Crippen molar-refractivity contribution in [3.63, 3.8) is 0 Å². The Kier molecular flexibility index (Phi) is 5.35. The lowest BCUT2D eigenvalue weighted by molar-refractivity contribution is 0.785. The largest absolute Gasteiger partial charge is 0.383 e. The molecule has 0 spiro atoms. The van der Waals surface area contributed by atoms with Crippen LogP contribution >= 0.6 is 0 Å². The van der Waals surface area contributed by atoms with Crippen LogP contribution in [0, 0.1) is 11.3 Å². The maximum absolute atomic E-state index is 8.88. The van der Waals surface area contributed by atoms with Crippen molar-refractivity contribution >= 4 is 12.9 Å². The summed E-state index contributed by atoms with van der Waals surface area (Å²) in [4.78, 5) is 15.9. The Hall–Kier alpha value is -2.55. The Balaban J connectivity index is 2.89. The van der Waals surface area contributed by atoms with E-state index in [0.29, 0.717) is 12.5 Å². The van der Waals surface area contributed by atoms with Gasteiger partial charge < -0.3 is 5.73 Å². The lowest BCUT2D eigenvalue weighted by atomic mass is 10.1. The highest BCUT2D eigenvalue weighted by Crippen LogP contribution is 2.16. The molecule has 0 bridgehead atoms. The Labute approximate surface area is 112 Å². The van der Waals surface area contributed by atoms with Gasteiger partial charge in [-0.2, -0.15) is 5.26 Å². The fourth-order valence-electron chi connectivity index (χ4n) is 1.48. The number of aliphatic imine (C=N–C) groups is 2. The van der Waals surface area contributed by atoms with Crippen molar-refractivity contribution in [1.82, 2.24) is 9.97 Å². The van der Waals surface area contributed by atoms with Crippen LogP contribution in [0.5, 0.6) is 0 Å². The smallest absolute Gasteiger partial charge is 0.142 e. The zero-order valence-corrected chi connectivity index (χ0v) is 11.0. The van der Waals surface area contributed by atoms with Gasteiger partial charge in [-0.05, 0) is 12.6 Å². The molecule has 1 heterocycles. The van der Waals surface area contributed by atoms with Crippen molar-refractivity contribution in [3.8, 4) is 6.07 Å². The molecule has 2 N–H and O–H groups in total. The van der Waals surface area contributed by atoms with Gasteiger partial charge in [0.1, 0.15) is 23.8 Å². The number of allylic oxidation sites excluding steroid dienone is 1. The SMILES string of the molecule is C=N/C(N)=C(C#N)\C=N/Cc1cncnc1C(C)C. The number of nitriles is 1. The van der Waals surface area contributed by atoms with E-state index in [4.69, 9.17) is 11.0 Å². The molecule has 1 aromatic heterocycles. The fourth-order valence-corrected chi connectivity index (χ4v) is 1.48. The molecule has 0 saturated heterocycles. The Morgan fingerprint density at radius 1 is 1.63 bits per heavy atom. The van der Waals surface area contributed by atoms with Crippen LogP contribution in [0.4, 0.5) is 0 Å². The van der Waals surface area contributed by atoms with Crippen molar-refractivity contribution in [3.05, 3.63) is 35.2 Å². The van der Waals surface area contributed by atoms with E-state index in [-0.39, 0.29) is 11.4 Å². The maximum atomic E-state index is 8.88. The van der Waals surface area contributed by atoms with Gasteiger partial charge in [0.05, 0.1) is 12.2 Å². The first-order valence-corrected chi connectivity index (χ1v) is 5.75. The third kappa shape index (κ3) is 4.00. The quantitative estimate of drug-likeness (QED) is 0.638. The average molecular weight is 256 g/mol. The first-order valence-electron chi connectivity index (χ1n) is 5.75. The Bertz CT molecular complexity index is 550. The maximum Gasteiger partial charge on any atom is 0.142 e. The molecule has 6 heteroatoms. The summed E-state index contributed by atoms with van der Waals surface area (Å²) in [5.41, 5.74) is 7.57. The third-order valence-corrected chi connectivity index (χ3v) is 2.42. The minimum absolute atomic E-state index is 0.0691. The number of aromatic nitrogens is 2. The van der Waals surface area contributed by atoms with E-state index in [1.807, 2.05) is 6.07 Å². The number of rotatable bonds is 5. The number of hydrogen-bond acceptors (Lipinski definition) is 6. The van der Waals surface area contributed by atoms with Crippen molar-refractivity contribution in [2.45, 2.75) is 26.3 Å². The summed E-state index contributed by atoms with van der Waals surface area (Å²) in [6, 6.07) is 1.92. The van der Waals surface area contributed by atoms with Gasteiger partial charge in [-0.3, -0.25) is 4.99 Å². The third-order valence-electron chi connectivity index (χ3n) is 2.42. The van der Waals surface area contributed by atoms with E-state index in [0.717, 1.165) is 11.3 Å². The van der Waals surface area contributed by atoms with Crippen LogP contribution in [0.25, 0.3) is 0 Å². The van der Waals surface area contributed by atoms with Gasteiger partial charge in [0.2, 0.25) is 0 Å². The fraction of sp³-hybridized carbons (Fsp3) is 0.308. The molecule has 98 valence electrons. The minimum atomic E-state index is 0.0691. The van der Waals surface area contributed by atoms with Crippen LogP contribution in [0.3, 0.4) is 0 Å². The molecule has 1 aromatic rings. The lowest BCUT2D eigenvalue weighted by Gasteiger charge is -2.08. The standard InChI is InChI=1S/C13H16N6/c1-9(2)12-11(7-18-8-19-12)6-17-5-10(4-14)13(15)16-3/h5,7-9H,3,6,15H2,1-2H3/b13-10-,17-5-. The number of nitrogens with zero attached hydrogens (tertiary/aromatic N) is 5. The summed E-state index contributed by atoms with van der Waals surface area (Å²) >= 11 is 0. The molecular weight excluding hydrogens is 240 g/mol. The molecule has 0 amide bonds. The van der Waals surface area contributed by atoms with E-state index >= 15 is 0 Å². The van der Waals surface area contributed by atoms with Gasteiger partial charge in [-0.1, -0.05) is 13.8 Å². The predicted molar refractivity (Wildman–Crippen MR) is 74.7 cm³/mol. The minimum Gasteiger partial charge on any atom is -0.383 e. The molecule has 0 radical (unpaired) electrons. The summed E-state index contributed by atoms with van der Waals surface area (Å²) in [6.07, 6.45) is 4.63. The second-order valence-corrected chi connectivity index (χ2v) is 4.13. The normalized spacial score (nSPS) is 12.3. The zero-order chi connectivity index (χ0) is 14.3. The van der Waals surface area contributed by atoms with Crippen LogP contribution in [0.15, 0.2) is 33.9 Å². The molecule has 0 saturated carbocycles. The molecule has 19 heavy (non-hydrogen) atoms. The first-order chi connectivity index (χ1) is 9.10. The van der Waals surface area contributed by atoms with Crippen molar-refractivity contribution in [2.75, 3.05) is 0 Å².